The summed E-state index contributed by atoms with van der Waals surface area (Å²) in [5, 5.41) is 11.3. The van der Waals surface area contributed by atoms with Gasteiger partial charge in [-0.15, -0.1) is 34.9 Å². The number of aromatic nitrogens is 1. The van der Waals surface area contributed by atoms with Gasteiger partial charge in [-0.3, -0.25) is 9.78 Å². The molecule has 6 aromatic carbocycles. The van der Waals surface area contributed by atoms with Gasteiger partial charge in [0.25, 0.3) is 0 Å². The molecule has 0 unspecified atom stereocenters. The van der Waals surface area contributed by atoms with Crippen molar-refractivity contribution in [1.29, 1.82) is 0 Å². The van der Waals surface area contributed by atoms with Gasteiger partial charge < -0.3 is 5.11 Å². The minimum Gasteiger partial charge on any atom is -0.512 e. The second kappa shape index (κ2) is 18.5. The Morgan fingerprint density at radius 2 is 1.05 bits per heavy atom. The molecule has 0 fully saturated rings. The number of nitrogens with zero attached hydrogens (tertiary/aromatic N) is 1. The largest absolute Gasteiger partial charge is 0.512 e. The fraction of sp³-hybridized carbons (Fsp3) is 0.250. The summed E-state index contributed by atoms with van der Waals surface area (Å²) in [6.45, 7) is 16.3. The van der Waals surface area contributed by atoms with Crippen LogP contribution in [0.4, 0.5) is 0 Å². The number of pyridine rings is 1. The molecule has 1 aliphatic carbocycles. The molecule has 3 nitrogen and oxygen atoms in total. The van der Waals surface area contributed by atoms with Gasteiger partial charge in [-0.25, -0.2) is 0 Å². The van der Waals surface area contributed by atoms with Crippen molar-refractivity contribution in [3.63, 3.8) is 0 Å². The van der Waals surface area contributed by atoms with Crippen molar-refractivity contribution in [3.8, 4) is 66.9 Å². The summed E-state index contributed by atoms with van der Waals surface area (Å²) in [5.41, 5.74) is 17.1. The first-order valence-corrected chi connectivity index (χ1v) is 21.2. The Kier molecular flexibility index (Phi) is 13.6. The van der Waals surface area contributed by atoms with E-state index < -0.39 is 0 Å². The molecular formula is C56H56IrNO2-. The molecule has 0 amide bonds. The number of aryl methyl sites for hydroxylation is 2. The number of aliphatic hydroxyl groups is 1. The monoisotopic (exact) mass is 967 g/mol. The Bertz CT molecular complexity index is 2670. The van der Waals surface area contributed by atoms with Gasteiger partial charge in [-0.2, -0.15) is 0 Å². The maximum Gasteiger partial charge on any atom is 0.164 e. The summed E-state index contributed by atoms with van der Waals surface area (Å²) in [6, 6.07) is 52.0. The molecule has 307 valence electrons. The molecule has 0 bridgehead atoms. The summed E-state index contributed by atoms with van der Waals surface area (Å²) in [5.74, 6) is 0.286. The van der Waals surface area contributed by atoms with Crippen LogP contribution in [0.5, 0.6) is 0 Å². The quantitative estimate of drug-likeness (QED) is 0.0891. The van der Waals surface area contributed by atoms with E-state index in [0.717, 1.165) is 53.4 Å². The predicted octanol–water partition coefficient (Wildman–Crippen LogP) is 15.6. The van der Waals surface area contributed by atoms with Gasteiger partial charge in [-0.1, -0.05) is 165 Å². The number of hydrogen-bond donors (Lipinski definition) is 1. The van der Waals surface area contributed by atoms with Crippen LogP contribution in [0.25, 0.3) is 77.8 Å². The van der Waals surface area contributed by atoms with Gasteiger partial charge in [0.1, 0.15) is 5.76 Å². The zero-order valence-corrected chi connectivity index (χ0v) is 38.6. The van der Waals surface area contributed by atoms with Crippen molar-refractivity contribution < 1.29 is 30.0 Å². The molecule has 8 rings (SSSR count). The first-order chi connectivity index (χ1) is 28.4. The van der Waals surface area contributed by atoms with Crippen molar-refractivity contribution in [2.24, 2.45) is 10.8 Å². The Balaban J connectivity index is 0.000000287. The molecule has 0 saturated heterocycles. The Labute approximate surface area is 371 Å². The van der Waals surface area contributed by atoms with Gasteiger partial charge in [0.05, 0.1) is 5.52 Å². The minimum absolute atomic E-state index is 0. The number of fused-ring (bicyclic) bond motifs is 9. The molecular weight excluding hydrogens is 911 g/mol. The van der Waals surface area contributed by atoms with Crippen LogP contribution < -0.4 is 0 Å². The van der Waals surface area contributed by atoms with Crippen LogP contribution in [0.2, 0.25) is 0 Å². The van der Waals surface area contributed by atoms with Gasteiger partial charge in [-0.05, 0) is 99.1 Å². The molecule has 0 atom stereocenters. The average Bonchev–Trinajstić information content (AvgIpc) is 3.27. The Morgan fingerprint density at radius 3 is 1.55 bits per heavy atom. The summed E-state index contributed by atoms with van der Waals surface area (Å²) in [4.78, 5) is 17.3. The average molecular weight is 967 g/mol. The summed E-state index contributed by atoms with van der Waals surface area (Å²) >= 11 is 0. The number of allylic oxidation sites excluding steroid dienone is 2. The number of hydrogen-bond acceptors (Lipinski definition) is 3. The van der Waals surface area contributed by atoms with Crippen LogP contribution in [-0.2, 0) is 24.9 Å². The van der Waals surface area contributed by atoms with Crippen LogP contribution >= 0.6 is 0 Å². The molecule has 60 heavy (non-hydrogen) atoms. The topological polar surface area (TPSA) is 50.2 Å². The third-order valence-electron chi connectivity index (χ3n) is 13.0. The zero-order valence-electron chi connectivity index (χ0n) is 36.2. The minimum atomic E-state index is -0.337. The second-order valence-corrected chi connectivity index (χ2v) is 16.7. The number of rotatable bonds is 9. The fourth-order valence-electron chi connectivity index (χ4n) is 8.30. The van der Waals surface area contributed by atoms with Gasteiger partial charge in [0, 0.05) is 42.4 Å². The Morgan fingerprint density at radius 1 is 0.583 bits per heavy atom. The van der Waals surface area contributed by atoms with Crippen LogP contribution in [0, 0.1) is 30.7 Å². The van der Waals surface area contributed by atoms with Crippen molar-refractivity contribution in [2.75, 3.05) is 0 Å². The molecule has 1 radical (unpaired) electrons. The second-order valence-electron chi connectivity index (χ2n) is 16.7. The molecule has 1 aliphatic rings. The SMILES string of the molecule is CCC(C)(CC)C(=O)/C=C(\O)C(C)(CC)CC.Cc1[c-]c(-c2cc(-c3ccc4c(c3)-c3ccccc3-c3ccccc3-c3ccccc3-4)c3ccccc3n2)cc(C)c1.[Ir]. The molecule has 0 aliphatic heterocycles. The summed E-state index contributed by atoms with van der Waals surface area (Å²) in [6.07, 6.45) is 4.75. The standard InChI is InChI=1S/C41H28N.C15H28O2.Ir/c1-26-21-27(2)23-29(22-26)41-25-38(37-17-9-10-18-40(37)42-41)28-19-20-36-34-15-6-5-13-32(34)30-11-3-4-12-31(30)33-14-7-8-16-35(33)39(36)24-28;1-7-14(5,8-2)12(16)11-13(17)15(6,9-3)10-4;/h3-22,24-25H,1-2H3;11,16H,7-10H2,1-6H3;/q-1;;/b;12-11-;. The van der Waals surface area contributed by atoms with E-state index in [1.165, 1.54) is 67.3 Å². The number of benzene rings is 6. The van der Waals surface area contributed by atoms with Crippen LogP contribution in [0.3, 0.4) is 0 Å². The summed E-state index contributed by atoms with van der Waals surface area (Å²) in [7, 11) is 0. The summed E-state index contributed by atoms with van der Waals surface area (Å²) < 4.78 is 0. The number of carbonyl (C=O) groups is 1. The van der Waals surface area contributed by atoms with Crippen LogP contribution in [0.15, 0.2) is 145 Å². The van der Waals surface area contributed by atoms with E-state index >= 15 is 0 Å². The number of para-hydroxylation sites is 1. The molecule has 1 N–H and O–H groups in total. The van der Waals surface area contributed by atoms with Crippen molar-refractivity contribution in [1.82, 2.24) is 4.98 Å². The fourth-order valence-corrected chi connectivity index (χ4v) is 8.30. The van der Waals surface area contributed by atoms with Crippen LogP contribution in [-0.4, -0.2) is 15.9 Å². The van der Waals surface area contributed by atoms with E-state index in [2.05, 4.69) is 153 Å². The van der Waals surface area contributed by atoms with Crippen molar-refractivity contribution >= 4 is 16.7 Å². The molecule has 7 aromatic rings. The third kappa shape index (κ3) is 8.60. The zero-order chi connectivity index (χ0) is 41.9. The van der Waals surface area contributed by atoms with E-state index in [9.17, 15) is 9.90 Å². The van der Waals surface area contributed by atoms with Crippen LogP contribution in [0.1, 0.15) is 78.4 Å². The maximum absolute atomic E-state index is 12.2. The number of carbonyl (C=O) groups excluding carboxylic acids is 1. The first kappa shape index (κ1) is 44.1. The van der Waals surface area contributed by atoms with Gasteiger partial charge >= 0.3 is 0 Å². The third-order valence-corrected chi connectivity index (χ3v) is 13.0. The number of aliphatic hydroxyl groups excluding tert-OH is 1. The smallest absolute Gasteiger partial charge is 0.164 e. The van der Waals surface area contributed by atoms with E-state index in [1.54, 1.807) is 0 Å². The maximum atomic E-state index is 12.2. The van der Waals surface area contributed by atoms with Crippen molar-refractivity contribution in [3.05, 3.63) is 162 Å². The molecule has 0 spiro atoms. The normalized spacial score (nSPS) is 12.0. The van der Waals surface area contributed by atoms with E-state index in [-0.39, 0.29) is 42.5 Å². The molecule has 4 heteroatoms. The molecule has 1 aromatic heterocycles. The van der Waals surface area contributed by atoms with E-state index in [1.807, 2.05) is 41.5 Å². The van der Waals surface area contributed by atoms with Crippen molar-refractivity contribution in [2.45, 2.75) is 81.1 Å². The first-order valence-electron chi connectivity index (χ1n) is 21.2. The van der Waals surface area contributed by atoms with Gasteiger partial charge in [0.15, 0.2) is 5.78 Å². The number of ketones is 1. The van der Waals surface area contributed by atoms with E-state index in [0.29, 0.717) is 0 Å². The van der Waals surface area contributed by atoms with Gasteiger partial charge in [0.2, 0.25) is 0 Å². The molecule has 1 heterocycles. The Hall–Kier alpha value is -5.41. The molecule has 0 saturated carbocycles. The predicted molar refractivity (Wildman–Crippen MR) is 249 cm³/mol. The van der Waals surface area contributed by atoms with E-state index in [4.69, 9.17) is 4.98 Å².